The number of methoxy groups -OCH3 is 1. The lowest BCUT2D eigenvalue weighted by Gasteiger charge is -2.33. The van der Waals surface area contributed by atoms with E-state index in [1.807, 2.05) is 26.0 Å². The van der Waals surface area contributed by atoms with Crippen LogP contribution in [-0.4, -0.2) is 62.1 Å². The molecule has 0 bridgehead atoms. The van der Waals surface area contributed by atoms with Gasteiger partial charge in [0.05, 0.1) is 25.8 Å². The van der Waals surface area contributed by atoms with Gasteiger partial charge in [0.25, 0.3) is 5.56 Å². The van der Waals surface area contributed by atoms with Gasteiger partial charge in [0, 0.05) is 36.7 Å². The number of aromatic nitrogens is 5. The van der Waals surface area contributed by atoms with Crippen LogP contribution >= 0.6 is 0 Å². The van der Waals surface area contributed by atoms with Crippen LogP contribution in [-0.2, 0) is 17.8 Å². The lowest BCUT2D eigenvalue weighted by Crippen LogP contribution is -2.37. The maximum absolute atomic E-state index is 12.9. The molecule has 9 heteroatoms. The molecule has 0 fully saturated rings. The van der Waals surface area contributed by atoms with Crippen molar-refractivity contribution < 1.29 is 9.84 Å². The number of benzene rings is 1. The maximum atomic E-state index is 12.9. The normalized spacial score (nSPS) is 12.9. The summed E-state index contributed by atoms with van der Waals surface area (Å²) in [5, 5.41) is 23.0. The minimum absolute atomic E-state index is 0.0352. The molecule has 9 nitrogen and oxygen atoms in total. The monoisotopic (exact) mass is 428 g/mol. The summed E-state index contributed by atoms with van der Waals surface area (Å²) in [7, 11) is 1.64. The Kier molecular flexibility index (Phi) is 7.53. The number of nitrogens with one attached hydrogen (secondary N) is 1. The second-order valence-corrected chi connectivity index (χ2v) is 8.30. The quantitative estimate of drug-likeness (QED) is 0.508. The van der Waals surface area contributed by atoms with Gasteiger partial charge in [0.1, 0.15) is 0 Å². The third kappa shape index (κ3) is 5.17. The third-order valence-electron chi connectivity index (χ3n) is 5.51. The van der Waals surface area contributed by atoms with E-state index < -0.39 is 0 Å². The first-order valence-corrected chi connectivity index (χ1v) is 10.6. The van der Waals surface area contributed by atoms with Crippen LogP contribution in [0.25, 0.3) is 10.9 Å². The topological polar surface area (TPSA) is 109 Å². The van der Waals surface area contributed by atoms with Gasteiger partial charge in [-0.1, -0.05) is 19.9 Å². The van der Waals surface area contributed by atoms with Crippen LogP contribution in [0.4, 0.5) is 0 Å². The summed E-state index contributed by atoms with van der Waals surface area (Å²) in [5.41, 5.74) is 3.59. The lowest BCUT2D eigenvalue weighted by atomic mass is 10.00. The number of aromatic amines is 1. The van der Waals surface area contributed by atoms with Crippen LogP contribution in [0.3, 0.4) is 0 Å². The SMILES string of the molecule is COCCn1nnnc1[C@@H](C(C)C)N(CCO)Cc1cc2c(C)cc(C)cc2[nH]c1=O. The molecule has 0 spiro atoms. The largest absolute Gasteiger partial charge is 0.395 e. The molecule has 0 saturated carbocycles. The minimum atomic E-state index is -0.173. The van der Waals surface area contributed by atoms with E-state index in [0.29, 0.717) is 37.6 Å². The van der Waals surface area contributed by atoms with Crippen molar-refractivity contribution >= 4 is 10.9 Å². The van der Waals surface area contributed by atoms with Gasteiger partial charge in [-0.3, -0.25) is 9.69 Å². The maximum Gasteiger partial charge on any atom is 0.252 e. The first-order valence-electron chi connectivity index (χ1n) is 10.6. The summed E-state index contributed by atoms with van der Waals surface area (Å²) >= 11 is 0. The van der Waals surface area contributed by atoms with Gasteiger partial charge in [-0.2, -0.15) is 0 Å². The molecule has 1 aromatic carbocycles. The first kappa shape index (κ1) is 23.1. The Morgan fingerprint density at radius 2 is 2.03 bits per heavy atom. The molecular weight excluding hydrogens is 396 g/mol. The number of hydrogen-bond acceptors (Lipinski definition) is 7. The number of aryl methyl sites for hydroxylation is 2. The second-order valence-electron chi connectivity index (χ2n) is 8.30. The predicted molar refractivity (Wildman–Crippen MR) is 119 cm³/mol. The van der Waals surface area contributed by atoms with Gasteiger partial charge >= 0.3 is 0 Å². The molecule has 0 saturated heterocycles. The zero-order chi connectivity index (χ0) is 22.5. The zero-order valence-electron chi connectivity index (χ0n) is 18.9. The number of nitrogens with zero attached hydrogens (tertiary/aromatic N) is 5. The predicted octanol–water partition coefficient (Wildman–Crippen LogP) is 1.97. The van der Waals surface area contributed by atoms with Crippen molar-refractivity contribution in [3.63, 3.8) is 0 Å². The van der Waals surface area contributed by atoms with Crippen LogP contribution in [0.5, 0.6) is 0 Å². The summed E-state index contributed by atoms with van der Waals surface area (Å²) in [6, 6.07) is 5.88. The van der Waals surface area contributed by atoms with Crippen LogP contribution in [0.15, 0.2) is 23.0 Å². The van der Waals surface area contributed by atoms with Crippen molar-refractivity contribution in [2.75, 3.05) is 26.9 Å². The molecule has 3 aromatic rings. The number of tetrazole rings is 1. The first-order chi connectivity index (χ1) is 14.8. The molecule has 0 aliphatic rings. The summed E-state index contributed by atoms with van der Waals surface area (Å²) in [6.45, 7) is 9.99. The molecule has 2 heterocycles. The molecule has 1 atom stereocenters. The highest BCUT2D eigenvalue weighted by atomic mass is 16.5. The van der Waals surface area contributed by atoms with E-state index in [9.17, 15) is 9.90 Å². The fourth-order valence-corrected chi connectivity index (χ4v) is 4.14. The van der Waals surface area contributed by atoms with Gasteiger partial charge in [-0.05, 0) is 53.5 Å². The lowest BCUT2D eigenvalue weighted by molar-refractivity contribution is 0.103. The fraction of sp³-hybridized carbons (Fsp3) is 0.545. The van der Waals surface area contributed by atoms with Crippen molar-refractivity contribution in [1.29, 1.82) is 0 Å². The summed E-state index contributed by atoms with van der Waals surface area (Å²) in [6.07, 6.45) is 0. The minimum Gasteiger partial charge on any atom is -0.395 e. The highest BCUT2D eigenvalue weighted by Crippen LogP contribution is 2.28. The molecule has 2 aromatic heterocycles. The molecule has 0 radical (unpaired) electrons. The van der Waals surface area contributed by atoms with E-state index in [4.69, 9.17) is 4.74 Å². The van der Waals surface area contributed by atoms with Crippen molar-refractivity contribution in [2.45, 2.75) is 46.8 Å². The Morgan fingerprint density at radius 3 is 2.71 bits per heavy atom. The highest BCUT2D eigenvalue weighted by Gasteiger charge is 2.29. The third-order valence-corrected chi connectivity index (χ3v) is 5.51. The molecule has 0 aliphatic heterocycles. The number of aliphatic hydroxyl groups excluding tert-OH is 1. The average Bonchev–Trinajstić information content (AvgIpc) is 3.15. The van der Waals surface area contributed by atoms with E-state index in [0.717, 1.165) is 22.0 Å². The number of H-pyrrole nitrogens is 1. The molecule has 168 valence electrons. The second kappa shape index (κ2) is 10.1. The smallest absolute Gasteiger partial charge is 0.252 e. The Morgan fingerprint density at radius 1 is 1.26 bits per heavy atom. The van der Waals surface area contributed by atoms with Crippen LogP contribution < -0.4 is 5.56 Å². The number of pyridine rings is 1. The number of ether oxygens (including phenoxy) is 1. The van der Waals surface area contributed by atoms with Gasteiger partial charge < -0.3 is 14.8 Å². The molecule has 2 N–H and O–H groups in total. The molecule has 0 unspecified atom stereocenters. The number of rotatable bonds is 10. The van der Waals surface area contributed by atoms with Gasteiger partial charge in [0.15, 0.2) is 5.82 Å². The van der Waals surface area contributed by atoms with Gasteiger partial charge in [-0.15, -0.1) is 5.10 Å². The molecule has 0 amide bonds. The molecule has 0 aliphatic carbocycles. The van der Waals surface area contributed by atoms with E-state index in [2.05, 4.69) is 45.3 Å². The van der Waals surface area contributed by atoms with Crippen LogP contribution in [0.2, 0.25) is 0 Å². The van der Waals surface area contributed by atoms with Gasteiger partial charge in [-0.25, -0.2) is 4.68 Å². The highest BCUT2D eigenvalue weighted by molar-refractivity contribution is 5.83. The van der Waals surface area contributed by atoms with Crippen molar-refractivity contribution in [2.24, 2.45) is 5.92 Å². The fourth-order valence-electron chi connectivity index (χ4n) is 4.14. The van der Waals surface area contributed by atoms with Crippen LogP contribution in [0, 0.1) is 19.8 Å². The molecular formula is C22H32N6O3. The number of aliphatic hydroxyl groups is 1. The summed E-state index contributed by atoms with van der Waals surface area (Å²) in [4.78, 5) is 18.0. The van der Waals surface area contributed by atoms with Gasteiger partial charge in [0.2, 0.25) is 0 Å². The Hall–Kier alpha value is -2.62. The zero-order valence-corrected chi connectivity index (χ0v) is 18.9. The van der Waals surface area contributed by atoms with E-state index in [-0.39, 0.29) is 24.1 Å². The summed E-state index contributed by atoms with van der Waals surface area (Å²) < 4.78 is 6.91. The van der Waals surface area contributed by atoms with Crippen LogP contribution in [0.1, 0.15) is 42.4 Å². The Balaban J connectivity index is 2.00. The Labute approximate surface area is 182 Å². The Bertz CT molecular complexity index is 1070. The standard InChI is InChI=1S/C22H32N6O3/c1-14(2)20(21-24-25-26-28(21)7-9-31-5)27(6-8-29)13-17-12-18-16(4)10-15(3)11-19(18)23-22(17)30/h10-12,14,20,29H,6-9,13H2,1-5H3,(H,23,30)/t20-/m1/s1. The molecule has 3 rings (SSSR count). The molecule has 31 heavy (non-hydrogen) atoms. The summed E-state index contributed by atoms with van der Waals surface area (Å²) in [5.74, 6) is 0.854. The van der Waals surface area contributed by atoms with Crippen molar-refractivity contribution in [3.05, 3.63) is 51.1 Å². The van der Waals surface area contributed by atoms with Crippen molar-refractivity contribution in [3.8, 4) is 0 Å². The number of hydrogen-bond donors (Lipinski definition) is 2. The number of fused-ring (bicyclic) bond motifs is 1. The van der Waals surface area contributed by atoms with E-state index in [1.54, 1.807) is 11.8 Å². The van der Waals surface area contributed by atoms with E-state index in [1.165, 1.54) is 0 Å². The average molecular weight is 429 g/mol. The van der Waals surface area contributed by atoms with E-state index >= 15 is 0 Å². The van der Waals surface area contributed by atoms with Crippen molar-refractivity contribution in [1.82, 2.24) is 30.1 Å².